The SMILES string of the molecule is C[C@@H]1NC[C@H]2C[C@H]1CN(S(C)(=O)=O)C2. The predicted molar refractivity (Wildman–Crippen MR) is 55.5 cm³/mol. The Morgan fingerprint density at radius 1 is 1.36 bits per heavy atom. The summed E-state index contributed by atoms with van der Waals surface area (Å²) in [6.07, 6.45) is 2.49. The molecule has 3 atom stereocenters. The van der Waals surface area contributed by atoms with E-state index < -0.39 is 10.0 Å². The quantitative estimate of drug-likeness (QED) is 0.667. The lowest BCUT2D eigenvalue weighted by Crippen LogP contribution is -2.56. The highest BCUT2D eigenvalue weighted by Gasteiger charge is 2.37. The minimum absolute atomic E-state index is 0.454. The van der Waals surface area contributed by atoms with Gasteiger partial charge in [0.1, 0.15) is 0 Å². The fourth-order valence-electron chi connectivity index (χ4n) is 2.50. The minimum atomic E-state index is -2.99. The van der Waals surface area contributed by atoms with Crippen LogP contribution in [-0.2, 0) is 10.0 Å². The van der Waals surface area contributed by atoms with Crippen molar-refractivity contribution >= 4 is 10.0 Å². The Bertz CT molecular complexity index is 315. The van der Waals surface area contributed by atoms with E-state index in [4.69, 9.17) is 0 Å². The Balaban J connectivity index is 2.13. The lowest BCUT2D eigenvalue weighted by molar-refractivity contribution is 0.125. The average molecular weight is 218 g/mol. The van der Waals surface area contributed by atoms with Gasteiger partial charge in [0, 0.05) is 19.1 Å². The molecule has 0 unspecified atom stereocenters. The van der Waals surface area contributed by atoms with E-state index in [0.29, 0.717) is 31.0 Å². The Morgan fingerprint density at radius 2 is 2.07 bits per heavy atom. The molecule has 0 aliphatic carbocycles. The van der Waals surface area contributed by atoms with Crippen molar-refractivity contribution in [2.75, 3.05) is 25.9 Å². The fourth-order valence-corrected chi connectivity index (χ4v) is 3.45. The highest BCUT2D eigenvalue weighted by molar-refractivity contribution is 7.88. The van der Waals surface area contributed by atoms with Crippen LogP contribution in [0.3, 0.4) is 0 Å². The van der Waals surface area contributed by atoms with Gasteiger partial charge in [-0.1, -0.05) is 0 Å². The molecule has 14 heavy (non-hydrogen) atoms. The van der Waals surface area contributed by atoms with Crippen LogP contribution in [0, 0.1) is 11.8 Å². The van der Waals surface area contributed by atoms with E-state index >= 15 is 0 Å². The third kappa shape index (κ3) is 1.94. The normalized spacial score (nSPS) is 39.7. The molecule has 0 radical (unpaired) electrons. The van der Waals surface area contributed by atoms with Gasteiger partial charge < -0.3 is 5.32 Å². The fraction of sp³-hybridized carbons (Fsp3) is 1.00. The Labute approximate surface area is 85.7 Å². The van der Waals surface area contributed by atoms with Crippen molar-refractivity contribution in [3.63, 3.8) is 0 Å². The van der Waals surface area contributed by atoms with Gasteiger partial charge in [-0.3, -0.25) is 0 Å². The van der Waals surface area contributed by atoms with E-state index in [1.54, 1.807) is 4.31 Å². The van der Waals surface area contributed by atoms with Gasteiger partial charge in [0.05, 0.1) is 6.26 Å². The summed E-state index contributed by atoms with van der Waals surface area (Å²) in [6.45, 7) is 4.51. The van der Waals surface area contributed by atoms with Gasteiger partial charge in [-0.05, 0) is 31.7 Å². The van der Waals surface area contributed by atoms with Crippen LogP contribution >= 0.6 is 0 Å². The molecule has 0 amide bonds. The first-order valence-corrected chi connectivity index (χ1v) is 7.00. The maximum Gasteiger partial charge on any atom is 0.211 e. The molecule has 2 aliphatic heterocycles. The summed E-state index contributed by atoms with van der Waals surface area (Å²) in [5.74, 6) is 1.01. The molecule has 0 aromatic rings. The molecule has 0 spiro atoms. The third-order valence-corrected chi connectivity index (χ3v) is 4.68. The van der Waals surface area contributed by atoms with Crippen molar-refractivity contribution in [1.29, 1.82) is 0 Å². The zero-order valence-corrected chi connectivity index (χ0v) is 9.55. The second-order valence-electron chi connectivity index (χ2n) is 4.64. The summed E-state index contributed by atoms with van der Waals surface area (Å²) >= 11 is 0. The molecule has 2 saturated heterocycles. The summed E-state index contributed by atoms with van der Waals surface area (Å²) < 4.78 is 24.5. The largest absolute Gasteiger partial charge is 0.314 e. The van der Waals surface area contributed by atoms with Gasteiger partial charge in [0.2, 0.25) is 10.0 Å². The lowest BCUT2D eigenvalue weighted by Gasteiger charge is -2.43. The molecule has 0 aromatic carbocycles. The van der Waals surface area contributed by atoms with E-state index in [2.05, 4.69) is 12.2 Å². The number of nitrogens with zero attached hydrogens (tertiary/aromatic N) is 1. The summed E-state index contributed by atoms with van der Waals surface area (Å²) in [5.41, 5.74) is 0. The van der Waals surface area contributed by atoms with E-state index in [9.17, 15) is 8.42 Å². The number of hydrogen-bond acceptors (Lipinski definition) is 3. The molecular weight excluding hydrogens is 200 g/mol. The first kappa shape index (κ1) is 10.4. The summed E-state index contributed by atoms with van der Waals surface area (Å²) in [7, 11) is -2.99. The van der Waals surface area contributed by atoms with Crippen molar-refractivity contribution in [3.05, 3.63) is 0 Å². The van der Waals surface area contributed by atoms with Crippen LogP contribution < -0.4 is 5.32 Å². The first-order chi connectivity index (χ1) is 6.47. The standard InChI is InChI=1S/C9H18N2O2S/c1-7-9-3-8(4-10-7)5-11(6-9)14(2,12)13/h7-10H,3-6H2,1-2H3/t7-,8+,9-/m0/s1. The highest BCUT2D eigenvalue weighted by atomic mass is 32.2. The summed E-state index contributed by atoms with van der Waals surface area (Å²) in [6, 6.07) is 0.454. The van der Waals surface area contributed by atoms with Gasteiger partial charge in [-0.2, -0.15) is 0 Å². The number of fused-ring (bicyclic) bond motifs is 2. The minimum Gasteiger partial charge on any atom is -0.314 e. The van der Waals surface area contributed by atoms with Crippen molar-refractivity contribution in [2.45, 2.75) is 19.4 Å². The number of hydrogen-bond donors (Lipinski definition) is 1. The zero-order chi connectivity index (χ0) is 10.3. The van der Waals surface area contributed by atoms with E-state index in [1.165, 1.54) is 12.7 Å². The Hall–Kier alpha value is -0.130. The second-order valence-corrected chi connectivity index (χ2v) is 6.62. The van der Waals surface area contributed by atoms with Crippen LogP contribution in [0.1, 0.15) is 13.3 Å². The van der Waals surface area contributed by atoms with Crippen LogP contribution in [0.5, 0.6) is 0 Å². The number of nitrogens with one attached hydrogen (secondary N) is 1. The van der Waals surface area contributed by atoms with Gasteiger partial charge in [0.25, 0.3) is 0 Å². The van der Waals surface area contributed by atoms with E-state index in [1.807, 2.05) is 0 Å². The molecule has 2 fully saturated rings. The predicted octanol–water partition coefficient (Wildman–Crippen LogP) is -0.124. The average Bonchev–Trinajstić information content (AvgIpc) is 2.10. The molecule has 2 heterocycles. The number of sulfonamides is 1. The topological polar surface area (TPSA) is 49.4 Å². The second kappa shape index (κ2) is 3.47. The highest BCUT2D eigenvalue weighted by Crippen LogP contribution is 2.29. The maximum atomic E-state index is 11.4. The van der Waals surface area contributed by atoms with Crippen LogP contribution in [0.15, 0.2) is 0 Å². The monoisotopic (exact) mass is 218 g/mol. The molecule has 2 bridgehead atoms. The third-order valence-electron chi connectivity index (χ3n) is 3.44. The van der Waals surface area contributed by atoms with Gasteiger partial charge in [-0.25, -0.2) is 12.7 Å². The van der Waals surface area contributed by atoms with E-state index in [-0.39, 0.29) is 0 Å². The molecule has 2 aliphatic rings. The molecule has 5 heteroatoms. The molecule has 1 N–H and O–H groups in total. The van der Waals surface area contributed by atoms with Crippen molar-refractivity contribution in [3.8, 4) is 0 Å². The molecule has 0 saturated carbocycles. The molecule has 82 valence electrons. The van der Waals surface area contributed by atoms with Crippen LogP contribution in [-0.4, -0.2) is 44.7 Å². The zero-order valence-electron chi connectivity index (χ0n) is 8.73. The first-order valence-electron chi connectivity index (χ1n) is 5.15. The van der Waals surface area contributed by atoms with E-state index in [0.717, 1.165) is 6.54 Å². The molecular formula is C9H18N2O2S. The van der Waals surface area contributed by atoms with Crippen molar-refractivity contribution in [2.24, 2.45) is 11.8 Å². The van der Waals surface area contributed by atoms with Crippen molar-refractivity contribution < 1.29 is 8.42 Å². The molecule has 4 nitrogen and oxygen atoms in total. The van der Waals surface area contributed by atoms with Crippen LogP contribution in [0.2, 0.25) is 0 Å². The lowest BCUT2D eigenvalue weighted by atomic mass is 9.82. The molecule has 0 aromatic heterocycles. The Kier molecular flexibility index (Phi) is 2.57. The summed E-state index contributed by atoms with van der Waals surface area (Å²) in [5, 5.41) is 3.43. The van der Waals surface area contributed by atoms with Crippen molar-refractivity contribution in [1.82, 2.24) is 9.62 Å². The van der Waals surface area contributed by atoms with Crippen LogP contribution in [0.4, 0.5) is 0 Å². The van der Waals surface area contributed by atoms with Gasteiger partial charge in [0.15, 0.2) is 0 Å². The van der Waals surface area contributed by atoms with Gasteiger partial charge >= 0.3 is 0 Å². The maximum absolute atomic E-state index is 11.4. The number of piperidine rings is 2. The Morgan fingerprint density at radius 3 is 2.71 bits per heavy atom. The van der Waals surface area contributed by atoms with Crippen LogP contribution in [0.25, 0.3) is 0 Å². The number of rotatable bonds is 1. The summed E-state index contributed by atoms with van der Waals surface area (Å²) in [4.78, 5) is 0. The molecule has 2 rings (SSSR count). The smallest absolute Gasteiger partial charge is 0.211 e. The van der Waals surface area contributed by atoms with Gasteiger partial charge in [-0.15, -0.1) is 0 Å².